The third-order valence-electron chi connectivity index (χ3n) is 1.33. The molecule has 0 saturated heterocycles. The van der Waals surface area contributed by atoms with Gasteiger partial charge in [-0.2, -0.15) is 0 Å². The third-order valence-corrected chi connectivity index (χ3v) is 1.87. The molecule has 0 atom stereocenters. The zero-order valence-corrected chi connectivity index (χ0v) is 9.23. The smallest absolute Gasteiger partial charge is 0.0124 e. The Morgan fingerprint density at radius 3 is 2.83 bits per heavy atom. The van der Waals surface area contributed by atoms with Crippen LogP contribution in [-0.2, 0) is 20.1 Å². The molecule has 0 saturated carbocycles. The number of rotatable bonds is 1. The van der Waals surface area contributed by atoms with Gasteiger partial charge in [0.2, 0.25) is 0 Å². The van der Waals surface area contributed by atoms with E-state index in [2.05, 4.69) is 15.6 Å². The van der Waals surface area contributed by atoms with Gasteiger partial charge in [0.1, 0.15) is 0 Å². The van der Waals surface area contributed by atoms with Gasteiger partial charge in [0.05, 0.1) is 0 Å². The summed E-state index contributed by atoms with van der Waals surface area (Å²) in [6.45, 7) is 0. The van der Waals surface area contributed by atoms with Crippen molar-refractivity contribution in [1.82, 2.24) is 9.36 Å². The molecule has 0 bridgehead atoms. The quantitative estimate of drug-likeness (QED) is 0.733. The Hall–Kier alpha value is -0.571. The number of hydrogen-bond donors (Lipinski definition) is 0. The molecule has 0 aliphatic carbocycles. The van der Waals surface area contributed by atoms with Gasteiger partial charge in [0, 0.05) is 26.3 Å². The molecule has 0 N–H and O–H groups in total. The molecule has 63 valence electrons. The first-order valence-corrected chi connectivity index (χ1v) is 4.04. The van der Waals surface area contributed by atoms with Crippen LogP contribution in [-0.4, -0.2) is 9.36 Å². The van der Waals surface area contributed by atoms with Crippen molar-refractivity contribution in [1.29, 1.82) is 0 Å². The topological polar surface area (TPSA) is 25.8 Å². The van der Waals surface area contributed by atoms with E-state index in [-0.39, 0.29) is 20.1 Å². The van der Waals surface area contributed by atoms with Crippen LogP contribution in [0.1, 0.15) is 0 Å². The molecule has 0 aromatic carbocycles. The molecule has 0 aliphatic heterocycles. The minimum atomic E-state index is 0. The summed E-state index contributed by atoms with van der Waals surface area (Å²) >= 11 is 1.39. The van der Waals surface area contributed by atoms with E-state index in [9.17, 15) is 0 Å². The molecule has 1 radical (unpaired) electrons. The SMILES string of the molecule is [Ir].[c-]1nscc1-c1ccccn1. The monoisotopic (exact) mass is 354 g/mol. The average Bonchev–Trinajstić information content (AvgIpc) is 2.58. The van der Waals surface area contributed by atoms with E-state index in [1.165, 1.54) is 11.5 Å². The number of aromatic nitrogens is 2. The van der Waals surface area contributed by atoms with E-state index in [0.717, 1.165) is 11.3 Å². The summed E-state index contributed by atoms with van der Waals surface area (Å²) in [5, 5.41) is 1.93. The summed E-state index contributed by atoms with van der Waals surface area (Å²) in [7, 11) is 0. The molecule has 0 amide bonds. The van der Waals surface area contributed by atoms with Crippen LogP contribution >= 0.6 is 11.5 Å². The molecule has 2 aromatic rings. The largest absolute Gasteiger partial charge is 0.321 e. The summed E-state index contributed by atoms with van der Waals surface area (Å²) in [5.74, 6) is 0. The molecule has 4 heteroatoms. The Kier molecular flexibility index (Phi) is 3.53. The Morgan fingerprint density at radius 2 is 2.25 bits per heavy atom. The fourth-order valence-corrected chi connectivity index (χ4v) is 1.30. The van der Waals surface area contributed by atoms with Gasteiger partial charge in [-0.1, -0.05) is 23.7 Å². The van der Waals surface area contributed by atoms with Crippen LogP contribution in [0.3, 0.4) is 0 Å². The first-order valence-electron chi connectivity index (χ1n) is 3.20. The minimum Gasteiger partial charge on any atom is -0.321 e. The van der Waals surface area contributed by atoms with E-state index in [1.54, 1.807) is 6.20 Å². The van der Waals surface area contributed by atoms with Gasteiger partial charge in [-0.15, -0.1) is 17.1 Å². The summed E-state index contributed by atoms with van der Waals surface area (Å²) in [6, 6.07) is 5.79. The van der Waals surface area contributed by atoms with Gasteiger partial charge in [-0.25, -0.2) is 0 Å². The summed E-state index contributed by atoms with van der Waals surface area (Å²) in [4.78, 5) is 4.16. The van der Waals surface area contributed by atoms with Crippen molar-refractivity contribution in [3.63, 3.8) is 0 Å². The van der Waals surface area contributed by atoms with Crippen LogP contribution in [0.2, 0.25) is 0 Å². The van der Waals surface area contributed by atoms with E-state index in [1.807, 2.05) is 23.6 Å². The second kappa shape index (κ2) is 4.45. The maximum Gasteiger partial charge on any atom is 0.0124 e. The molecule has 0 spiro atoms. The summed E-state index contributed by atoms with van der Waals surface area (Å²) in [5.41, 5.74) is 1.90. The van der Waals surface area contributed by atoms with Gasteiger partial charge < -0.3 is 4.98 Å². The van der Waals surface area contributed by atoms with Crippen LogP contribution in [0, 0.1) is 6.20 Å². The van der Waals surface area contributed by atoms with E-state index in [0.29, 0.717) is 0 Å². The Balaban J connectivity index is 0.000000720. The maximum atomic E-state index is 4.16. The van der Waals surface area contributed by atoms with Gasteiger partial charge in [-0.05, 0) is 11.8 Å². The van der Waals surface area contributed by atoms with Crippen molar-refractivity contribution < 1.29 is 20.1 Å². The Labute approximate surface area is 88.2 Å². The van der Waals surface area contributed by atoms with Crippen molar-refractivity contribution in [3.05, 3.63) is 36.0 Å². The van der Waals surface area contributed by atoms with Gasteiger partial charge in [0.15, 0.2) is 0 Å². The van der Waals surface area contributed by atoms with Crippen molar-refractivity contribution in [2.45, 2.75) is 0 Å². The molecule has 0 unspecified atom stereocenters. The van der Waals surface area contributed by atoms with Gasteiger partial charge in [-0.3, -0.25) is 4.37 Å². The van der Waals surface area contributed by atoms with E-state index in [4.69, 9.17) is 0 Å². The molecular formula is C8H5IrN2S-. The molecular weight excluding hydrogens is 348 g/mol. The molecule has 12 heavy (non-hydrogen) atoms. The zero-order chi connectivity index (χ0) is 7.52. The fourth-order valence-electron chi connectivity index (χ4n) is 0.821. The standard InChI is InChI=1S/C8H5N2S.Ir/c1-2-4-9-8(3-1)7-5-10-11-6-7;/h1-4,6H;/q-1;. The van der Waals surface area contributed by atoms with Crippen LogP contribution in [0.4, 0.5) is 0 Å². The molecule has 0 fully saturated rings. The van der Waals surface area contributed by atoms with Crippen LogP contribution in [0.15, 0.2) is 29.8 Å². The fraction of sp³-hybridized carbons (Fsp3) is 0. The van der Waals surface area contributed by atoms with E-state index >= 15 is 0 Å². The first kappa shape index (κ1) is 9.52. The number of nitrogens with zero attached hydrogens (tertiary/aromatic N) is 2. The Morgan fingerprint density at radius 1 is 1.33 bits per heavy atom. The number of pyridine rings is 1. The van der Waals surface area contributed by atoms with Crippen LogP contribution < -0.4 is 0 Å². The predicted molar refractivity (Wildman–Crippen MR) is 44.2 cm³/mol. The first-order chi connectivity index (χ1) is 5.47. The predicted octanol–water partition coefficient (Wildman–Crippen LogP) is 2.00. The van der Waals surface area contributed by atoms with Crippen molar-refractivity contribution in [2.24, 2.45) is 0 Å². The Bertz CT molecular complexity index is 320. The van der Waals surface area contributed by atoms with E-state index < -0.39 is 0 Å². The summed E-state index contributed by atoms with van der Waals surface area (Å²) < 4.78 is 3.88. The average molecular weight is 353 g/mol. The molecule has 2 nitrogen and oxygen atoms in total. The van der Waals surface area contributed by atoms with Gasteiger partial charge >= 0.3 is 0 Å². The van der Waals surface area contributed by atoms with Crippen molar-refractivity contribution in [2.75, 3.05) is 0 Å². The molecule has 2 aromatic heterocycles. The maximum absolute atomic E-state index is 4.16. The third kappa shape index (κ3) is 1.97. The molecule has 2 heterocycles. The van der Waals surface area contributed by atoms with Crippen LogP contribution in [0.5, 0.6) is 0 Å². The second-order valence-corrected chi connectivity index (χ2v) is 2.68. The molecule has 0 aliphatic rings. The van der Waals surface area contributed by atoms with Gasteiger partial charge in [0.25, 0.3) is 0 Å². The van der Waals surface area contributed by atoms with Crippen molar-refractivity contribution in [3.8, 4) is 11.3 Å². The zero-order valence-electron chi connectivity index (χ0n) is 6.02. The molecule has 2 rings (SSSR count). The minimum absolute atomic E-state index is 0. The second-order valence-electron chi connectivity index (χ2n) is 2.06. The normalized spacial score (nSPS) is 9.00. The number of hydrogen-bond acceptors (Lipinski definition) is 3. The van der Waals surface area contributed by atoms with Crippen molar-refractivity contribution >= 4 is 11.5 Å². The summed E-state index contributed by atoms with van der Waals surface area (Å²) in [6.07, 6.45) is 4.62. The van der Waals surface area contributed by atoms with Crippen LogP contribution in [0.25, 0.3) is 11.3 Å².